The third-order valence-electron chi connectivity index (χ3n) is 4.10. The number of carbonyl (C=O) groups excluding carboxylic acids is 1. The van der Waals surface area contributed by atoms with Gasteiger partial charge in [0, 0.05) is 17.5 Å². The average molecular weight is 346 g/mol. The maximum absolute atomic E-state index is 12.8. The van der Waals surface area contributed by atoms with E-state index in [1.165, 1.54) is 6.07 Å². The van der Waals surface area contributed by atoms with Crippen LogP contribution in [0.15, 0.2) is 29.4 Å². The van der Waals surface area contributed by atoms with Gasteiger partial charge in [-0.25, -0.2) is 0 Å². The Hall–Kier alpha value is -2.23. The molecule has 0 spiro atoms. The number of aromatic hydroxyl groups is 2. The minimum atomic E-state index is -0.238. The highest BCUT2D eigenvalue weighted by Crippen LogP contribution is 2.40. The zero-order chi connectivity index (χ0) is 19.1. The molecule has 0 amide bonds. The standard InChI is InChI=1S/C21H30O4/c1-7-15(6)20(23)19-18(25-11-10-14(4)5)12-17(22)16(21(19)24)9-8-13(2)3/h8,10,12,15,22,24H,7,9,11H2,1-6H3. The first kappa shape index (κ1) is 20.8. The average Bonchev–Trinajstić information content (AvgIpc) is 2.52. The predicted octanol–water partition coefficient (Wildman–Crippen LogP) is 5.18. The molecule has 4 heteroatoms. The number of phenolic OH excluding ortho intramolecular Hbond substituents is 2. The Kier molecular flexibility index (Phi) is 7.75. The number of hydrogen-bond donors (Lipinski definition) is 2. The predicted molar refractivity (Wildman–Crippen MR) is 102 cm³/mol. The van der Waals surface area contributed by atoms with Crippen LogP contribution in [0.25, 0.3) is 0 Å². The molecule has 0 saturated heterocycles. The molecule has 0 radical (unpaired) electrons. The van der Waals surface area contributed by atoms with Crippen molar-refractivity contribution in [1.29, 1.82) is 0 Å². The lowest BCUT2D eigenvalue weighted by atomic mass is 9.92. The van der Waals surface area contributed by atoms with E-state index < -0.39 is 0 Å². The molecule has 25 heavy (non-hydrogen) atoms. The summed E-state index contributed by atoms with van der Waals surface area (Å²) in [6, 6.07) is 1.43. The smallest absolute Gasteiger partial charge is 0.173 e. The largest absolute Gasteiger partial charge is 0.507 e. The van der Waals surface area contributed by atoms with E-state index in [0.29, 0.717) is 18.4 Å². The van der Waals surface area contributed by atoms with Crippen molar-refractivity contribution in [3.63, 3.8) is 0 Å². The van der Waals surface area contributed by atoms with E-state index >= 15 is 0 Å². The molecule has 1 atom stereocenters. The van der Waals surface area contributed by atoms with Crippen molar-refractivity contribution < 1.29 is 19.7 Å². The van der Waals surface area contributed by atoms with Crippen molar-refractivity contribution in [2.75, 3.05) is 6.61 Å². The number of Topliss-reactive ketones (excluding diaryl/α,β-unsaturated/α-hetero) is 1. The van der Waals surface area contributed by atoms with E-state index in [0.717, 1.165) is 11.1 Å². The lowest BCUT2D eigenvalue weighted by molar-refractivity contribution is 0.0920. The quantitative estimate of drug-likeness (QED) is 0.503. The van der Waals surface area contributed by atoms with Crippen molar-refractivity contribution in [3.8, 4) is 17.2 Å². The van der Waals surface area contributed by atoms with Crippen LogP contribution >= 0.6 is 0 Å². The maximum atomic E-state index is 12.8. The van der Waals surface area contributed by atoms with Crippen LogP contribution in [-0.4, -0.2) is 22.6 Å². The molecule has 1 unspecified atom stereocenters. The zero-order valence-electron chi connectivity index (χ0n) is 16.1. The molecular weight excluding hydrogens is 316 g/mol. The minimum Gasteiger partial charge on any atom is -0.507 e. The number of hydrogen-bond acceptors (Lipinski definition) is 4. The third kappa shape index (κ3) is 5.66. The highest BCUT2D eigenvalue weighted by atomic mass is 16.5. The summed E-state index contributed by atoms with van der Waals surface area (Å²) in [6.45, 7) is 11.8. The molecule has 0 fully saturated rings. The van der Waals surface area contributed by atoms with E-state index in [2.05, 4.69) is 0 Å². The van der Waals surface area contributed by atoms with E-state index in [4.69, 9.17) is 4.74 Å². The van der Waals surface area contributed by atoms with Crippen molar-refractivity contribution in [1.82, 2.24) is 0 Å². The van der Waals surface area contributed by atoms with E-state index in [-0.39, 0.29) is 41.1 Å². The van der Waals surface area contributed by atoms with Gasteiger partial charge in [-0.05, 0) is 46.6 Å². The summed E-state index contributed by atoms with van der Waals surface area (Å²) in [5.41, 5.74) is 2.66. The number of phenols is 2. The summed E-state index contributed by atoms with van der Waals surface area (Å²) in [4.78, 5) is 12.8. The maximum Gasteiger partial charge on any atom is 0.173 e. The number of carbonyl (C=O) groups is 1. The Morgan fingerprint density at radius 3 is 2.28 bits per heavy atom. The van der Waals surface area contributed by atoms with Gasteiger partial charge in [0.15, 0.2) is 5.78 Å². The van der Waals surface area contributed by atoms with Crippen LogP contribution < -0.4 is 4.74 Å². The molecule has 0 aromatic heterocycles. The van der Waals surface area contributed by atoms with Crippen LogP contribution in [-0.2, 0) is 6.42 Å². The molecule has 1 aromatic carbocycles. The number of ether oxygens (including phenoxy) is 1. The summed E-state index contributed by atoms with van der Waals surface area (Å²) in [5.74, 6) is -0.445. The molecule has 0 aliphatic rings. The first-order valence-electron chi connectivity index (χ1n) is 8.70. The van der Waals surface area contributed by atoms with Crippen molar-refractivity contribution in [3.05, 3.63) is 40.5 Å². The molecule has 1 aromatic rings. The molecule has 0 aliphatic heterocycles. The highest BCUT2D eigenvalue weighted by molar-refractivity contribution is 6.03. The number of benzene rings is 1. The van der Waals surface area contributed by atoms with Gasteiger partial charge in [-0.3, -0.25) is 4.79 Å². The second-order valence-corrected chi connectivity index (χ2v) is 6.85. The number of rotatable bonds is 8. The minimum absolute atomic E-state index is 0.0668. The topological polar surface area (TPSA) is 66.8 Å². The summed E-state index contributed by atoms with van der Waals surface area (Å²) < 4.78 is 5.67. The zero-order valence-corrected chi connectivity index (χ0v) is 16.1. The first-order valence-corrected chi connectivity index (χ1v) is 8.70. The SMILES string of the molecule is CCC(C)C(=O)c1c(OCC=C(C)C)cc(O)c(CC=C(C)C)c1O. The Morgan fingerprint density at radius 2 is 1.76 bits per heavy atom. The number of allylic oxidation sites excluding steroid dienone is 3. The van der Waals surface area contributed by atoms with Crippen LogP contribution in [0.3, 0.4) is 0 Å². The summed E-state index contributed by atoms with van der Waals surface area (Å²) >= 11 is 0. The van der Waals surface area contributed by atoms with Gasteiger partial charge >= 0.3 is 0 Å². The molecule has 2 N–H and O–H groups in total. The molecule has 0 aliphatic carbocycles. The summed E-state index contributed by atoms with van der Waals surface area (Å²) in [6.07, 6.45) is 4.80. The molecule has 0 bridgehead atoms. The third-order valence-corrected chi connectivity index (χ3v) is 4.10. The molecule has 4 nitrogen and oxygen atoms in total. The van der Waals surface area contributed by atoms with Gasteiger partial charge in [0.1, 0.15) is 29.4 Å². The second kappa shape index (κ2) is 9.30. The van der Waals surface area contributed by atoms with Crippen molar-refractivity contribution >= 4 is 5.78 Å². The Morgan fingerprint density at radius 1 is 1.16 bits per heavy atom. The van der Waals surface area contributed by atoms with Crippen LogP contribution in [0.2, 0.25) is 0 Å². The van der Waals surface area contributed by atoms with E-state index in [1.54, 1.807) is 0 Å². The highest BCUT2D eigenvalue weighted by Gasteiger charge is 2.26. The summed E-state index contributed by atoms with van der Waals surface area (Å²) in [7, 11) is 0. The van der Waals surface area contributed by atoms with E-state index in [1.807, 2.05) is 53.7 Å². The van der Waals surface area contributed by atoms with Crippen LogP contribution in [0.4, 0.5) is 0 Å². The van der Waals surface area contributed by atoms with E-state index in [9.17, 15) is 15.0 Å². The fraction of sp³-hybridized carbons (Fsp3) is 0.476. The van der Waals surface area contributed by atoms with Crippen LogP contribution in [0.1, 0.15) is 63.9 Å². The van der Waals surface area contributed by atoms with Gasteiger partial charge in [-0.15, -0.1) is 0 Å². The second-order valence-electron chi connectivity index (χ2n) is 6.85. The van der Waals surface area contributed by atoms with Gasteiger partial charge in [0.05, 0.1) is 0 Å². The monoisotopic (exact) mass is 346 g/mol. The fourth-order valence-corrected chi connectivity index (χ4v) is 2.26. The van der Waals surface area contributed by atoms with Crippen LogP contribution in [0, 0.1) is 5.92 Å². The molecule has 0 saturated carbocycles. The molecule has 138 valence electrons. The Labute approximate surface area is 150 Å². The molecule has 0 heterocycles. The lowest BCUT2D eigenvalue weighted by Gasteiger charge is -2.18. The van der Waals surface area contributed by atoms with Gasteiger partial charge in [-0.1, -0.05) is 31.1 Å². The van der Waals surface area contributed by atoms with Crippen molar-refractivity contribution in [2.24, 2.45) is 5.92 Å². The lowest BCUT2D eigenvalue weighted by Crippen LogP contribution is -2.13. The Balaban J connectivity index is 3.42. The van der Waals surface area contributed by atoms with Gasteiger partial charge in [0.2, 0.25) is 0 Å². The first-order chi connectivity index (χ1) is 11.7. The summed E-state index contributed by atoms with van der Waals surface area (Å²) in [5, 5.41) is 21.0. The Bertz CT molecular complexity index is 676. The molecular formula is C21H30O4. The van der Waals surface area contributed by atoms with Gasteiger partial charge < -0.3 is 14.9 Å². The normalized spacial score (nSPS) is 11.6. The molecule has 1 rings (SSSR count). The van der Waals surface area contributed by atoms with Crippen LogP contribution in [0.5, 0.6) is 17.2 Å². The number of ketones is 1. The fourth-order valence-electron chi connectivity index (χ4n) is 2.26. The van der Waals surface area contributed by atoms with Gasteiger partial charge in [-0.2, -0.15) is 0 Å². The van der Waals surface area contributed by atoms with Gasteiger partial charge in [0.25, 0.3) is 0 Å². The van der Waals surface area contributed by atoms with Crippen molar-refractivity contribution in [2.45, 2.75) is 54.4 Å².